The van der Waals surface area contributed by atoms with Crippen molar-refractivity contribution in [2.75, 3.05) is 11.1 Å². The first kappa shape index (κ1) is 12.9. The first-order chi connectivity index (χ1) is 8.54. The molecular formula is C14H14BrFN2. The third-order valence-electron chi connectivity index (χ3n) is 2.65. The van der Waals surface area contributed by atoms with Gasteiger partial charge < -0.3 is 11.1 Å². The van der Waals surface area contributed by atoms with Crippen LogP contribution in [0.2, 0.25) is 0 Å². The number of nitrogens with two attached hydrogens (primary N) is 1. The van der Waals surface area contributed by atoms with Crippen LogP contribution >= 0.6 is 15.9 Å². The lowest BCUT2D eigenvalue weighted by atomic mass is 10.1. The predicted octanol–water partition coefficient (Wildman–Crippen LogP) is 4.34. The molecule has 94 valence electrons. The molecule has 3 N–H and O–H groups in total. The molecule has 18 heavy (non-hydrogen) atoms. The van der Waals surface area contributed by atoms with Gasteiger partial charge in [-0.25, -0.2) is 4.39 Å². The Balaban J connectivity index is 2.18. The van der Waals surface area contributed by atoms with E-state index in [0.29, 0.717) is 11.4 Å². The van der Waals surface area contributed by atoms with Gasteiger partial charge in [0.05, 0.1) is 0 Å². The predicted molar refractivity (Wildman–Crippen MR) is 77.0 cm³/mol. The fourth-order valence-corrected chi connectivity index (χ4v) is 2.22. The summed E-state index contributed by atoms with van der Waals surface area (Å²) in [5, 5.41) is 3.23. The van der Waals surface area contributed by atoms with Crippen LogP contribution in [0.5, 0.6) is 0 Å². The van der Waals surface area contributed by atoms with Crippen LogP contribution in [0.3, 0.4) is 0 Å². The van der Waals surface area contributed by atoms with Crippen molar-refractivity contribution in [1.29, 1.82) is 0 Å². The highest BCUT2D eigenvalue weighted by molar-refractivity contribution is 9.10. The van der Waals surface area contributed by atoms with Crippen molar-refractivity contribution < 1.29 is 4.39 Å². The van der Waals surface area contributed by atoms with E-state index in [9.17, 15) is 4.39 Å². The molecule has 4 heteroatoms. The largest absolute Gasteiger partial charge is 0.399 e. The Bertz CT molecular complexity index is 537. The average molecular weight is 309 g/mol. The molecule has 0 bridgehead atoms. The maximum atomic E-state index is 13.2. The van der Waals surface area contributed by atoms with Crippen molar-refractivity contribution in [3.63, 3.8) is 0 Å². The zero-order valence-electron chi connectivity index (χ0n) is 9.95. The summed E-state index contributed by atoms with van der Waals surface area (Å²) >= 11 is 3.43. The molecule has 1 unspecified atom stereocenters. The monoisotopic (exact) mass is 308 g/mol. The molecule has 0 amide bonds. The summed E-state index contributed by atoms with van der Waals surface area (Å²) in [6.07, 6.45) is 0. The van der Waals surface area contributed by atoms with Gasteiger partial charge in [0.25, 0.3) is 0 Å². The summed E-state index contributed by atoms with van der Waals surface area (Å²) in [7, 11) is 0. The van der Waals surface area contributed by atoms with Crippen LogP contribution in [-0.2, 0) is 0 Å². The molecule has 0 aliphatic carbocycles. The first-order valence-corrected chi connectivity index (χ1v) is 6.42. The lowest BCUT2D eigenvalue weighted by molar-refractivity contribution is 0.628. The van der Waals surface area contributed by atoms with E-state index in [0.717, 1.165) is 10.0 Å². The second-order valence-electron chi connectivity index (χ2n) is 4.19. The zero-order chi connectivity index (χ0) is 13.1. The Kier molecular flexibility index (Phi) is 3.87. The highest BCUT2D eigenvalue weighted by Gasteiger charge is 2.06. The Morgan fingerprint density at radius 1 is 1.22 bits per heavy atom. The Morgan fingerprint density at radius 2 is 2.00 bits per heavy atom. The highest BCUT2D eigenvalue weighted by atomic mass is 79.9. The summed E-state index contributed by atoms with van der Waals surface area (Å²) in [4.78, 5) is 0. The van der Waals surface area contributed by atoms with Crippen LogP contribution in [0.4, 0.5) is 15.8 Å². The summed E-state index contributed by atoms with van der Waals surface area (Å²) in [5.41, 5.74) is 7.82. The van der Waals surface area contributed by atoms with Gasteiger partial charge in [0.2, 0.25) is 0 Å². The Morgan fingerprint density at radius 3 is 2.67 bits per heavy atom. The molecule has 0 spiro atoms. The van der Waals surface area contributed by atoms with Gasteiger partial charge in [0, 0.05) is 21.9 Å². The normalized spacial score (nSPS) is 12.2. The molecule has 0 saturated heterocycles. The van der Waals surface area contributed by atoms with Crippen LogP contribution in [0.1, 0.15) is 18.5 Å². The molecule has 0 fully saturated rings. The zero-order valence-corrected chi connectivity index (χ0v) is 11.5. The number of halogens is 2. The Hall–Kier alpha value is -1.55. The molecule has 1 atom stereocenters. The summed E-state index contributed by atoms with van der Waals surface area (Å²) < 4.78 is 14.2. The molecule has 2 rings (SSSR count). The molecule has 2 aromatic carbocycles. The molecule has 0 aromatic heterocycles. The van der Waals surface area contributed by atoms with Crippen LogP contribution in [0.25, 0.3) is 0 Å². The fourth-order valence-electron chi connectivity index (χ4n) is 1.80. The molecule has 2 nitrogen and oxygen atoms in total. The van der Waals surface area contributed by atoms with E-state index < -0.39 is 0 Å². The molecular weight excluding hydrogens is 295 g/mol. The van der Waals surface area contributed by atoms with E-state index >= 15 is 0 Å². The number of anilines is 2. The summed E-state index contributed by atoms with van der Waals surface area (Å²) in [6.45, 7) is 2.02. The molecule has 0 aliphatic heterocycles. The number of benzene rings is 2. The maximum Gasteiger partial charge on any atom is 0.127 e. The molecule has 0 aliphatic rings. The van der Waals surface area contributed by atoms with E-state index in [2.05, 4.69) is 21.2 Å². The van der Waals surface area contributed by atoms with Crippen molar-refractivity contribution >= 4 is 27.3 Å². The van der Waals surface area contributed by atoms with Crippen LogP contribution < -0.4 is 11.1 Å². The fraction of sp³-hybridized carbons (Fsp3) is 0.143. The second-order valence-corrected chi connectivity index (χ2v) is 5.11. The van der Waals surface area contributed by atoms with Crippen molar-refractivity contribution in [2.24, 2.45) is 0 Å². The van der Waals surface area contributed by atoms with Crippen LogP contribution in [0.15, 0.2) is 46.9 Å². The minimum atomic E-state index is -0.334. The SMILES string of the molecule is CC(Nc1cc(N)cc(F)c1)c1cccc(Br)c1. The van der Waals surface area contributed by atoms with Crippen molar-refractivity contribution in [1.82, 2.24) is 0 Å². The van der Waals surface area contributed by atoms with E-state index in [-0.39, 0.29) is 11.9 Å². The van der Waals surface area contributed by atoms with Gasteiger partial charge in [0.1, 0.15) is 5.82 Å². The summed E-state index contributed by atoms with van der Waals surface area (Å²) in [6, 6.07) is 12.5. The van der Waals surface area contributed by atoms with Crippen molar-refractivity contribution in [3.8, 4) is 0 Å². The van der Waals surface area contributed by atoms with E-state index in [1.54, 1.807) is 6.07 Å². The van der Waals surface area contributed by atoms with Gasteiger partial charge in [0.15, 0.2) is 0 Å². The third kappa shape index (κ3) is 3.23. The molecule has 0 saturated carbocycles. The molecule has 0 radical (unpaired) electrons. The van der Waals surface area contributed by atoms with Gasteiger partial charge >= 0.3 is 0 Å². The average Bonchev–Trinajstić information content (AvgIpc) is 2.27. The quantitative estimate of drug-likeness (QED) is 0.828. The second kappa shape index (κ2) is 5.40. The van der Waals surface area contributed by atoms with E-state index in [1.165, 1.54) is 12.1 Å². The topological polar surface area (TPSA) is 38.0 Å². The summed E-state index contributed by atoms with van der Waals surface area (Å²) in [5.74, 6) is -0.334. The van der Waals surface area contributed by atoms with Gasteiger partial charge in [-0.2, -0.15) is 0 Å². The standard InChI is InChI=1S/C14H14BrFN2/c1-9(10-3-2-4-11(15)5-10)18-14-7-12(16)6-13(17)8-14/h2-9,18H,17H2,1H3. The van der Waals surface area contributed by atoms with E-state index in [4.69, 9.17) is 5.73 Å². The van der Waals surface area contributed by atoms with E-state index in [1.807, 2.05) is 31.2 Å². The number of nitrogen functional groups attached to an aromatic ring is 1. The van der Waals surface area contributed by atoms with Gasteiger partial charge in [-0.1, -0.05) is 28.1 Å². The molecule has 2 aromatic rings. The number of hydrogen-bond donors (Lipinski definition) is 2. The number of rotatable bonds is 3. The Labute approximate surface area is 114 Å². The van der Waals surface area contributed by atoms with Gasteiger partial charge in [-0.05, 0) is 42.8 Å². The van der Waals surface area contributed by atoms with Crippen molar-refractivity contribution in [3.05, 3.63) is 58.3 Å². The minimum absolute atomic E-state index is 0.0729. The van der Waals surface area contributed by atoms with Gasteiger partial charge in [-0.3, -0.25) is 0 Å². The third-order valence-corrected chi connectivity index (χ3v) is 3.15. The molecule has 0 heterocycles. The smallest absolute Gasteiger partial charge is 0.127 e. The van der Waals surface area contributed by atoms with Crippen LogP contribution in [-0.4, -0.2) is 0 Å². The maximum absolute atomic E-state index is 13.2. The number of hydrogen-bond acceptors (Lipinski definition) is 2. The van der Waals surface area contributed by atoms with Crippen LogP contribution in [0, 0.1) is 5.82 Å². The number of nitrogens with one attached hydrogen (secondary N) is 1. The lowest BCUT2D eigenvalue weighted by Crippen LogP contribution is -2.07. The van der Waals surface area contributed by atoms with Gasteiger partial charge in [-0.15, -0.1) is 0 Å². The lowest BCUT2D eigenvalue weighted by Gasteiger charge is -2.16. The highest BCUT2D eigenvalue weighted by Crippen LogP contribution is 2.23. The first-order valence-electron chi connectivity index (χ1n) is 5.62. The van der Waals surface area contributed by atoms with Crippen molar-refractivity contribution in [2.45, 2.75) is 13.0 Å². The minimum Gasteiger partial charge on any atom is -0.399 e.